The molecular weight excluding hydrogens is 240 g/mol. The van der Waals surface area contributed by atoms with Crippen LogP contribution in [-0.2, 0) is 4.79 Å². The maximum atomic E-state index is 11.5. The minimum atomic E-state index is -0.581. The van der Waals surface area contributed by atoms with Crippen molar-refractivity contribution in [1.82, 2.24) is 0 Å². The van der Waals surface area contributed by atoms with Gasteiger partial charge in [-0.15, -0.1) is 11.8 Å². The van der Waals surface area contributed by atoms with Gasteiger partial charge in [0, 0.05) is 21.0 Å². The number of aliphatic carboxylic acids is 1. The molecule has 0 aromatic carbocycles. The summed E-state index contributed by atoms with van der Waals surface area (Å²) >= 11 is 4.04. The van der Waals surface area contributed by atoms with Crippen molar-refractivity contribution in [3.05, 3.63) is 12.2 Å². The molecule has 86 valence electrons. The number of thioether (sulfide) groups is 2. The number of carboxylic acid groups (broad SMARTS) is 1. The summed E-state index contributed by atoms with van der Waals surface area (Å²) in [6, 6.07) is 0. The Morgan fingerprint density at radius 2 is 2.00 bits per heavy atom. The van der Waals surface area contributed by atoms with E-state index in [1.54, 1.807) is 0 Å². The molecular formula is C12H14O2S2. The van der Waals surface area contributed by atoms with Crippen LogP contribution in [0.5, 0.6) is 0 Å². The molecule has 3 fully saturated rings. The summed E-state index contributed by atoms with van der Waals surface area (Å²) in [4.78, 5) is 11.5. The molecule has 1 N–H and O–H groups in total. The molecule has 0 radical (unpaired) electrons. The largest absolute Gasteiger partial charge is 0.481 e. The molecule has 0 aromatic rings. The van der Waals surface area contributed by atoms with Gasteiger partial charge in [-0.25, -0.2) is 0 Å². The van der Waals surface area contributed by atoms with Gasteiger partial charge >= 0.3 is 5.97 Å². The second kappa shape index (κ2) is 2.83. The van der Waals surface area contributed by atoms with E-state index < -0.39 is 11.4 Å². The number of fused-ring (bicyclic) bond motifs is 9. The predicted molar refractivity (Wildman–Crippen MR) is 66.8 cm³/mol. The number of hydrogen-bond donors (Lipinski definition) is 1. The summed E-state index contributed by atoms with van der Waals surface area (Å²) in [6.07, 6.45) is 5.56. The van der Waals surface area contributed by atoms with Crippen LogP contribution >= 0.6 is 23.5 Å². The third-order valence-electron chi connectivity index (χ3n) is 4.85. The maximum absolute atomic E-state index is 11.5. The van der Waals surface area contributed by atoms with Crippen molar-refractivity contribution in [2.24, 2.45) is 17.3 Å². The first-order valence-corrected chi connectivity index (χ1v) is 7.72. The first-order chi connectivity index (χ1) is 7.61. The van der Waals surface area contributed by atoms with E-state index in [-0.39, 0.29) is 0 Å². The highest BCUT2D eigenvalue weighted by atomic mass is 32.2. The Labute approximate surface area is 103 Å². The van der Waals surface area contributed by atoms with Crippen LogP contribution in [0.4, 0.5) is 0 Å². The van der Waals surface area contributed by atoms with Gasteiger partial charge in [0.25, 0.3) is 0 Å². The lowest BCUT2D eigenvalue weighted by Gasteiger charge is -2.38. The van der Waals surface area contributed by atoms with Crippen LogP contribution in [0.15, 0.2) is 12.2 Å². The number of carbonyl (C=O) groups is 1. The number of carboxylic acids is 1. The molecule has 4 bridgehead atoms. The van der Waals surface area contributed by atoms with Gasteiger partial charge in [0.1, 0.15) is 0 Å². The fraction of sp³-hybridized carbons (Fsp3) is 0.750. The zero-order valence-electron chi connectivity index (χ0n) is 9.00. The minimum absolute atomic E-state index is 0.354. The van der Waals surface area contributed by atoms with Crippen molar-refractivity contribution in [3.63, 3.8) is 0 Å². The van der Waals surface area contributed by atoms with Gasteiger partial charge in [-0.3, -0.25) is 4.79 Å². The molecule has 0 spiro atoms. The monoisotopic (exact) mass is 254 g/mol. The van der Waals surface area contributed by atoms with E-state index in [9.17, 15) is 9.90 Å². The highest BCUT2D eigenvalue weighted by Gasteiger charge is 2.68. The first kappa shape index (κ1) is 9.89. The van der Waals surface area contributed by atoms with E-state index in [0.717, 1.165) is 12.3 Å². The molecule has 16 heavy (non-hydrogen) atoms. The van der Waals surface area contributed by atoms with Gasteiger partial charge in [0.2, 0.25) is 0 Å². The Hall–Kier alpha value is -0.0900. The van der Waals surface area contributed by atoms with Crippen LogP contribution in [0.25, 0.3) is 0 Å². The lowest BCUT2D eigenvalue weighted by molar-refractivity contribution is -0.149. The highest BCUT2D eigenvalue weighted by Crippen LogP contribution is 2.69. The average Bonchev–Trinajstić information content (AvgIpc) is 2.92. The molecule has 0 aliphatic carbocycles. The fourth-order valence-electron chi connectivity index (χ4n) is 4.07. The molecule has 7 atom stereocenters. The second-order valence-corrected chi connectivity index (χ2v) is 8.37. The lowest BCUT2D eigenvalue weighted by atomic mass is 9.63. The summed E-state index contributed by atoms with van der Waals surface area (Å²) in [6.45, 7) is 1.96. The maximum Gasteiger partial charge on any atom is 0.310 e. The summed E-state index contributed by atoms with van der Waals surface area (Å²) in [5, 5.41) is 11.7. The summed E-state index contributed by atoms with van der Waals surface area (Å²) in [7, 11) is 0. The molecule has 0 amide bonds. The zero-order chi connectivity index (χ0) is 11.1. The third-order valence-corrected chi connectivity index (χ3v) is 8.38. The lowest BCUT2D eigenvalue weighted by Crippen LogP contribution is -2.47. The molecule has 4 aliphatic heterocycles. The predicted octanol–water partition coefficient (Wildman–Crippen LogP) is 2.25. The van der Waals surface area contributed by atoms with Crippen molar-refractivity contribution in [2.45, 2.75) is 34.3 Å². The van der Waals surface area contributed by atoms with Crippen LogP contribution in [0.3, 0.4) is 0 Å². The van der Waals surface area contributed by atoms with Gasteiger partial charge in [-0.1, -0.05) is 12.2 Å². The van der Waals surface area contributed by atoms with Crippen molar-refractivity contribution in [2.75, 3.05) is 0 Å². The summed E-state index contributed by atoms with van der Waals surface area (Å²) < 4.78 is 0. The van der Waals surface area contributed by atoms with Gasteiger partial charge in [-0.2, -0.15) is 11.8 Å². The number of hydrogen-bond acceptors (Lipinski definition) is 3. The Balaban J connectivity index is 1.76. The van der Waals surface area contributed by atoms with E-state index in [4.69, 9.17) is 0 Å². The summed E-state index contributed by atoms with van der Waals surface area (Å²) in [5.74, 6) is 0.815. The van der Waals surface area contributed by atoms with Crippen molar-refractivity contribution in [3.8, 4) is 0 Å². The van der Waals surface area contributed by atoms with Crippen LogP contribution < -0.4 is 0 Å². The van der Waals surface area contributed by atoms with Crippen LogP contribution in [0, 0.1) is 17.3 Å². The molecule has 4 heteroatoms. The fourth-order valence-corrected chi connectivity index (χ4v) is 8.45. The molecule has 4 heterocycles. The van der Waals surface area contributed by atoms with Gasteiger partial charge in [-0.05, 0) is 25.2 Å². The first-order valence-electron chi connectivity index (χ1n) is 5.84. The molecule has 0 saturated carbocycles. The van der Waals surface area contributed by atoms with E-state index >= 15 is 0 Å². The molecule has 2 nitrogen and oxygen atoms in total. The SMILES string of the molecule is CC1(C(=O)O)CC2SC1C1C3C=CC(S3)C21. The van der Waals surface area contributed by atoms with Crippen LogP contribution in [-0.4, -0.2) is 32.1 Å². The normalized spacial score (nSPS) is 60.6. The van der Waals surface area contributed by atoms with Crippen molar-refractivity contribution in [1.29, 1.82) is 0 Å². The Kier molecular flexibility index (Phi) is 1.75. The molecule has 7 unspecified atom stereocenters. The van der Waals surface area contributed by atoms with E-state index in [1.165, 1.54) is 0 Å². The van der Waals surface area contributed by atoms with Crippen molar-refractivity contribution >= 4 is 29.5 Å². The van der Waals surface area contributed by atoms with Gasteiger partial charge < -0.3 is 5.11 Å². The topological polar surface area (TPSA) is 37.3 Å². The quantitative estimate of drug-likeness (QED) is 0.728. The van der Waals surface area contributed by atoms with Crippen molar-refractivity contribution < 1.29 is 9.90 Å². The molecule has 4 aliphatic rings. The number of rotatable bonds is 1. The average molecular weight is 254 g/mol. The Morgan fingerprint density at radius 3 is 2.69 bits per heavy atom. The molecule has 4 rings (SSSR count). The minimum Gasteiger partial charge on any atom is -0.481 e. The second-order valence-electron chi connectivity index (χ2n) is 5.63. The molecule has 0 aromatic heterocycles. The smallest absolute Gasteiger partial charge is 0.310 e. The zero-order valence-corrected chi connectivity index (χ0v) is 10.6. The van der Waals surface area contributed by atoms with Crippen LogP contribution in [0.2, 0.25) is 0 Å². The summed E-state index contributed by atoms with van der Waals surface area (Å²) in [5.41, 5.74) is -0.463. The standard InChI is InChI=1S/C12H14O2S2/c1-12(11(13)14)4-7-8-5-2-3-6(15-5)9(8)10(12)16-7/h2-3,5-10H,4H2,1H3,(H,13,14). The Morgan fingerprint density at radius 1 is 1.31 bits per heavy atom. The van der Waals surface area contributed by atoms with E-state index in [1.807, 2.05) is 18.7 Å². The third kappa shape index (κ3) is 0.931. The Bertz CT molecular complexity index is 408. The molecule has 3 saturated heterocycles. The highest BCUT2D eigenvalue weighted by molar-refractivity contribution is 8.03. The van der Waals surface area contributed by atoms with Gasteiger partial charge in [0.15, 0.2) is 0 Å². The van der Waals surface area contributed by atoms with Gasteiger partial charge in [0.05, 0.1) is 5.41 Å². The van der Waals surface area contributed by atoms with Crippen LogP contribution in [0.1, 0.15) is 13.3 Å². The van der Waals surface area contributed by atoms with E-state index in [2.05, 4.69) is 23.9 Å². The van der Waals surface area contributed by atoms with E-state index in [0.29, 0.717) is 26.9 Å².